The van der Waals surface area contributed by atoms with Crippen LogP contribution in [-0.2, 0) is 4.57 Å². The standard InChI is InChI=1S/C8H5Cl2O3P/c9-7-1-5(13-4-14-12)2-8(10)6(7)3-11/h1-3H,4H2/p+1. The Balaban J connectivity index is 3.01. The van der Waals surface area contributed by atoms with E-state index < -0.39 is 8.46 Å². The summed E-state index contributed by atoms with van der Waals surface area (Å²) in [6.45, 7) is 0. The molecule has 0 saturated carbocycles. The van der Waals surface area contributed by atoms with Crippen molar-refractivity contribution < 1.29 is 14.1 Å². The Morgan fingerprint density at radius 2 is 1.93 bits per heavy atom. The summed E-state index contributed by atoms with van der Waals surface area (Å²) in [6.07, 6.45) is 0.650. The molecule has 1 aromatic carbocycles. The molecule has 0 heterocycles. The summed E-state index contributed by atoms with van der Waals surface area (Å²) in [5.74, 6) is 0.397. The lowest BCUT2D eigenvalue weighted by Gasteiger charge is -2.03. The lowest BCUT2D eigenvalue weighted by Crippen LogP contribution is -1.91. The summed E-state index contributed by atoms with van der Waals surface area (Å²) >= 11 is 11.5. The maximum atomic E-state index is 10.5. The Kier molecular flexibility index (Phi) is 4.33. The molecule has 1 atom stereocenters. The van der Waals surface area contributed by atoms with E-state index in [1.165, 1.54) is 12.1 Å². The highest BCUT2D eigenvalue weighted by molar-refractivity contribution is 7.23. The zero-order valence-electron chi connectivity index (χ0n) is 6.92. The SMILES string of the molecule is O=Cc1c(Cl)cc(OC[PH+]=O)cc1Cl. The largest absolute Gasteiger partial charge is 0.449 e. The van der Waals surface area contributed by atoms with Gasteiger partial charge in [-0.3, -0.25) is 4.79 Å². The number of carbonyl (C=O) groups excluding carboxylic acids is 1. The molecule has 0 N–H and O–H groups in total. The van der Waals surface area contributed by atoms with Crippen molar-refractivity contribution in [1.29, 1.82) is 0 Å². The molecule has 1 rings (SSSR count). The van der Waals surface area contributed by atoms with E-state index in [0.717, 1.165) is 0 Å². The van der Waals surface area contributed by atoms with Crippen LogP contribution in [0.15, 0.2) is 12.1 Å². The summed E-state index contributed by atoms with van der Waals surface area (Å²) in [5.41, 5.74) is 0.227. The van der Waals surface area contributed by atoms with E-state index in [1.807, 2.05) is 0 Å². The van der Waals surface area contributed by atoms with E-state index in [-0.39, 0.29) is 22.0 Å². The summed E-state index contributed by atoms with van der Waals surface area (Å²) in [7, 11) is -0.554. The first kappa shape index (κ1) is 11.4. The van der Waals surface area contributed by atoms with Gasteiger partial charge in [-0.25, -0.2) is 0 Å². The Bertz CT molecular complexity index is 345. The topological polar surface area (TPSA) is 43.4 Å². The zero-order valence-corrected chi connectivity index (χ0v) is 9.43. The van der Waals surface area contributed by atoms with Crippen molar-refractivity contribution in [2.24, 2.45) is 0 Å². The fraction of sp³-hybridized carbons (Fsp3) is 0.125. The molecule has 0 saturated heterocycles. The average Bonchev–Trinajstić information content (AvgIpc) is 2.14. The summed E-state index contributed by atoms with van der Waals surface area (Å²) in [5, 5.41) is 0.438. The smallest absolute Gasteiger partial charge is 0.365 e. The van der Waals surface area contributed by atoms with Gasteiger partial charge in [0.15, 0.2) is 6.29 Å². The predicted octanol–water partition coefficient (Wildman–Crippen LogP) is 3.17. The summed E-state index contributed by atoms with van der Waals surface area (Å²) in [4.78, 5) is 10.5. The van der Waals surface area contributed by atoms with Gasteiger partial charge in [0.2, 0.25) is 0 Å². The van der Waals surface area contributed by atoms with Crippen molar-refractivity contribution in [3.05, 3.63) is 27.7 Å². The van der Waals surface area contributed by atoms with Gasteiger partial charge in [0.1, 0.15) is 5.75 Å². The Morgan fingerprint density at radius 3 is 2.36 bits per heavy atom. The maximum Gasteiger partial charge on any atom is 0.365 e. The first-order chi connectivity index (χ1) is 6.69. The molecular weight excluding hydrogens is 246 g/mol. The molecule has 0 aromatic heterocycles. The molecule has 0 aliphatic heterocycles. The third kappa shape index (κ3) is 2.68. The first-order valence-electron chi connectivity index (χ1n) is 3.61. The van der Waals surface area contributed by atoms with Crippen LogP contribution in [0, 0.1) is 0 Å². The van der Waals surface area contributed by atoms with E-state index in [9.17, 15) is 9.36 Å². The van der Waals surface area contributed by atoms with Gasteiger partial charge in [-0.15, -0.1) is 0 Å². The Labute approximate surface area is 92.2 Å². The molecule has 3 nitrogen and oxygen atoms in total. The van der Waals surface area contributed by atoms with Gasteiger partial charge in [0, 0.05) is 0 Å². The predicted molar refractivity (Wildman–Crippen MR) is 56.3 cm³/mol. The quantitative estimate of drug-likeness (QED) is 0.610. The normalized spacial score (nSPS) is 10.1. The van der Waals surface area contributed by atoms with E-state index in [2.05, 4.69) is 0 Å². The Hall–Kier alpha value is -0.630. The number of hydrogen-bond acceptors (Lipinski definition) is 3. The lowest BCUT2D eigenvalue weighted by atomic mass is 10.2. The van der Waals surface area contributed by atoms with Crippen molar-refractivity contribution in [2.45, 2.75) is 0 Å². The summed E-state index contributed by atoms with van der Waals surface area (Å²) in [6, 6.07) is 2.91. The molecule has 74 valence electrons. The molecule has 0 aliphatic carbocycles. The second-order valence-electron chi connectivity index (χ2n) is 2.35. The molecule has 0 amide bonds. The van der Waals surface area contributed by atoms with Crippen molar-refractivity contribution in [2.75, 3.05) is 6.35 Å². The summed E-state index contributed by atoms with van der Waals surface area (Å²) < 4.78 is 15.2. The second kappa shape index (κ2) is 5.30. The third-order valence-electron chi connectivity index (χ3n) is 1.47. The zero-order chi connectivity index (χ0) is 10.6. The van der Waals surface area contributed by atoms with Crippen molar-refractivity contribution in [3.63, 3.8) is 0 Å². The van der Waals surface area contributed by atoms with Crippen molar-refractivity contribution in [1.82, 2.24) is 0 Å². The molecule has 6 heteroatoms. The van der Waals surface area contributed by atoms with Crippen LogP contribution >= 0.6 is 31.7 Å². The van der Waals surface area contributed by atoms with Crippen LogP contribution in [0.5, 0.6) is 5.75 Å². The van der Waals surface area contributed by atoms with E-state index in [1.54, 1.807) is 0 Å². The fourth-order valence-corrected chi connectivity index (χ4v) is 1.65. The molecular formula is C8H6Cl2O3P+. The first-order valence-corrected chi connectivity index (χ1v) is 5.48. The van der Waals surface area contributed by atoms with Crippen LogP contribution in [0.4, 0.5) is 0 Å². The molecule has 1 aromatic rings. The van der Waals surface area contributed by atoms with Crippen LogP contribution in [0.3, 0.4) is 0 Å². The lowest BCUT2D eigenvalue weighted by molar-refractivity contribution is 0.112. The average molecular weight is 252 g/mol. The van der Waals surface area contributed by atoms with Crippen LogP contribution in [0.25, 0.3) is 0 Å². The minimum Gasteiger partial charge on any atom is -0.449 e. The molecule has 0 fully saturated rings. The molecule has 14 heavy (non-hydrogen) atoms. The van der Waals surface area contributed by atoms with Gasteiger partial charge in [-0.1, -0.05) is 27.8 Å². The van der Waals surface area contributed by atoms with E-state index in [0.29, 0.717) is 12.0 Å². The minimum absolute atomic E-state index is 0.0765. The van der Waals surface area contributed by atoms with Crippen LogP contribution in [0.1, 0.15) is 10.4 Å². The highest BCUT2D eigenvalue weighted by Gasteiger charge is 2.08. The molecule has 0 radical (unpaired) electrons. The van der Waals surface area contributed by atoms with Gasteiger partial charge < -0.3 is 4.74 Å². The monoisotopic (exact) mass is 251 g/mol. The number of rotatable bonds is 4. The van der Waals surface area contributed by atoms with Gasteiger partial charge in [-0.05, 0) is 12.1 Å². The second-order valence-corrected chi connectivity index (χ2v) is 3.74. The van der Waals surface area contributed by atoms with E-state index in [4.69, 9.17) is 27.9 Å². The maximum absolute atomic E-state index is 10.5. The van der Waals surface area contributed by atoms with Crippen LogP contribution in [-0.4, -0.2) is 12.6 Å². The molecule has 0 spiro atoms. The minimum atomic E-state index is -0.554. The van der Waals surface area contributed by atoms with Gasteiger partial charge in [0.05, 0.1) is 15.6 Å². The molecule has 0 bridgehead atoms. The number of halogens is 2. The van der Waals surface area contributed by atoms with Crippen LogP contribution < -0.4 is 4.74 Å². The van der Waals surface area contributed by atoms with Crippen molar-refractivity contribution in [3.8, 4) is 5.75 Å². The van der Waals surface area contributed by atoms with E-state index >= 15 is 0 Å². The Morgan fingerprint density at radius 1 is 1.36 bits per heavy atom. The highest BCUT2D eigenvalue weighted by Crippen LogP contribution is 2.29. The molecule has 0 aliphatic rings. The number of hydrogen-bond donors (Lipinski definition) is 0. The van der Waals surface area contributed by atoms with Gasteiger partial charge in [-0.2, -0.15) is 0 Å². The third-order valence-corrected chi connectivity index (χ3v) is 2.36. The number of benzene rings is 1. The van der Waals surface area contributed by atoms with Gasteiger partial charge in [0.25, 0.3) is 6.35 Å². The van der Waals surface area contributed by atoms with Crippen molar-refractivity contribution >= 4 is 37.9 Å². The van der Waals surface area contributed by atoms with Gasteiger partial charge >= 0.3 is 8.46 Å². The fourth-order valence-electron chi connectivity index (χ4n) is 0.870. The highest BCUT2D eigenvalue weighted by atomic mass is 35.5. The molecule has 1 unspecified atom stereocenters. The van der Waals surface area contributed by atoms with Crippen LogP contribution in [0.2, 0.25) is 10.0 Å². The number of carbonyl (C=O) groups is 1. The number of ether oxygens (including phenoxy) is 1. The number of aldehydes is 1.